The maximum Gasteiger partial charge on any atom is 0.313 e. The first-order valence-corrected chi connectivity index (χ1v) is 9.08. The molecule has 144 valence electrons. The van der Waals surface area contributed by atoms with Crippen LogP contribution in [0.5, 0.6) is 0 Å². The number of rotatable bonds is 5. The van der Waals surface area contributed by atoms with E-state index >= 15 is 0 Å². The number of likely N-dealkylation sites (tertiary alicyclic amines) is 1. The van der Waals surface area contributed by atoms with E-state index in [1.807, 2.05) is 19.1 Å². The first-order valence-electron chi connectivity index (χ1n) is 8.70. The SMILES string of the molecule is COCC1(C(=O)O)CCCN(C(=O)c2cc(C)n(-c3cccc(Cl)c3)n2)C1. The van der Waals surface area contributed by atoms with E-state index in [1.165, 1.54) is 7.11 Å². The third-order valence-electron chi connectivity index (χ3n) is 4.90. The summed E-state index contributed by atoms with van der Waals surface area (Å²) in [5.41, 5.74) is 0.759. The van der Waals surface area contributed by atoms with Crippen molar-refractivity contribution in [3.05, 3.63) is 46.7 Å². The number of hydrogen-bond acceptors (Lipinski definition) is 4. The Hall–Kier alpha value is -2.38. The molecule has 0 saturated carbocycles. The molecule has 1 aliphatic heterocycles. The molecule has 1 amide bonds. The van der Waals surface area contributed by atoms with Gasteiger partial charge in [0, 0.05) is 30.9 Å². The zero-order valence-electron chi connectivity index (χ0n) is 15.3. The average molecular weight is 392 g/mol. The number of carboxylic acid groups (broad SMARTS) is 1. The van der Waals surface area contributed by atoms with Crippen molar-refractivity contribution in [3.8, 4) is 5.69 Å². The largest absolute Gasteiger partial charge is 0.481 e. The molecule has 0 bridgehead atoms. The van der Waals surface area contributed by atoms with Crippen LogP contribution in [0.25, 0.3) is 5.69 Å². The van der Waals surface area contributed by atoms with Crippen LogP contribution in [0.15, 0.2) is 30.3 Å². The summed E-state index contributed by atoms with van der Waals surface area (Å²) in [6, 6.07) is 8.91. The van der Waals surface area contributed by atoms with E-state index in [0.29, 0.717) is 24.4 Å². The first-order chi connectivity index (χ1) is 12.9. The quantitative estimate of drug-likeness (QED) is 0.847. The fourth-order valence-electron chi connectivity index (χ4n) is 3.55. The van der Waals surface area contributed by atoms with Crippen molar-refractivity contribution >= 4 is 23.5 Å². The van der Waals surface area contributed by atoms with Gasteiger partial charge in [-0.15, -0.1) is 0 Å². The van der Waals surface area contributed by atoms with Crippen molar-refractivity contribution in [2.75, 3.05) is 26.8 Å². The van der Waals surface area contributed by atoms with Gasteiger partial charge in [-0.3, -0.25) is 9.59 Å². The van der Waals surface area contributed by atoms with E-state index in [0.717, 1.165) is 11.4 Å². The molecule has 0 spiro atoms. The number of halogens is 1. The Kier molecular flexibility index (Phi) is 5.53. The minimum Gasteiger partial charge on any atom is -0.481 e. The number of piperidine rings is 1. The van der Waals surface area contributed by atoms with E-state index < -0.39 is 11.4 Å². The molecule has 3 rings (SSSR count). The average Bonchev–Trinajstić information content (AvgIpc) is 3.03. The van der Waals surface area contributed by atoms with E-state index in [2.05, 4.69) is 5.10 Å². The van der Waals surface area contributed by atoms with Crippen LogP contribution in [0.1, 0.15) is 29.0 Å². The summed E-state index contributed by atoms with van der Waals surface area (Å²) in [5, 5.41) is 14.7. The van der Waals surface area contributed by atoms with Crippen LogP contribution >= 0.6 is 11.6 Å². The van der Waals surface area contributed by atoms with Gasteiger partial charge in [-0.05, 0) is 44.0 Å². The summed E-state index contributed by atoms with van der Waals surface area (Å²) in [6.45, 7) is 2.54. The minimum absolute atomic E-state index is 0.0715. The van der Waals surface area contributed by atoms with Crippen LogP contribution in [-0.2, 0) is 9.53 Å². The highest BCUT2D eigenvalue weighted by molar-refractivity contribution is 6.30. The molecule has 27 heavy (non-hydrogen) atoms. The van der Waals surface area contributed by atoms with Gasteiger partial charge >= 0.3 is 5.97 Å². The number of aromatic nitrogens is 2. The van der Waals surface area contributed by atoms with Crippen molar-refractivity contribution in [1.29, 1.82) is 0 Å². The van der Waals surface area contributed by atoms with Crippen molar-refractivity contribution in [1.82, 2.24) is 14.7 Å². The number of nitrogens with zero attached hydrogens (tertiary/aromatic N) is 3. The Bertz CT molecular complexity index is 862. The van der Waals surface area contributed by atoms with Crippen molar-refractivity contribution in [2.24, 2.45) is 5.41 Å². The van der Waals surface area contributed by atoms with Crippen molar-refractivity contribution in [2.45, 2.75) is 19.8 Å². The highest BCUT2D eigenvalue weighted by Gasteiger charge is 2.44. The molecule has 2 aromatic rings. The summed E-state index contributed by atoms with van der Waals surface area (Å²) in [6.07, 6.45) is 1.09. The van der Waals surface area contributed by atoms with E-state index in [1.54, 1.807) is 27.8 Å². The van der Waals surface area contributed by atoms with E-state index in [-0.39, 0.29) is 24.8 Å². The summed E-state index contributed by atoms with van der Waals surface area (Å²) >= 11 is 6.05. The van der Waals surface area contributed by atoms with Crippen LogP contribution in [0.2, 0.25) is 5.02 Å². The lowest BCUT2D eigenvalue weighted by Crippen LogP contribution is -2.52. The molecule has 0 aliphatic carbocycles. The van der Waals surface area contributed by atoms with Crippen LogP contribution in [-0.4, -0.2) is 58.5 Å². The number of carboxylic acids is 1. The predicted molar refractivity (Wildman–Crippen MR) is 100 cm³/mol. The number of hydrogen-bond donors (Lipinski definition) is 1. The van der Waals surface area contributed by atoms with Gasteiger partial charge in [0.1, 0.15) is 5.41 Å². The third kappa shape index (κ3) is 3.84. The number of ether oxygens (including phenoxy) is 1. The van der Waals surface area contributed by atoms with Gasteiger partial charge in [0.05, 0.1) is 12.3 Å². The van der Waals surface area contributed by atoms with Crippen molar-refractivity contribution < 1.29 is 19.4 Å². The van der Waals surface area contributed by atoms with Crippen LogP contribution < -0.4 is 0 Å². The van der Waals surface area contributed by atoms with Gasteiger partial charge in [0.25, 0.3) is 5.91 Å². The normalized spacial score (nSPS) is 19.9. The summed E-state index contributed by atoms with van der Waals surface area (Å²) in [7, 11) is 1.47. The number of amides is 1. The molecule has 1 saturated heterocycles. The Morgan fingerprint density at radius 2 is 2.15 bits per heavy atom. The fraction of sp³-hybridized carbons (Fsp3) is 0.421. The van der Waals surface area contributed by atoms with Gasteiger partial charge in [-0.1, -0.05) is 17.7 Å². The molecule has 1 aliphatic rings. The standard InChI is InChI=1S/C19H22ClN3O4/c1-13-9-16(21-23(13)15-6-3-5-14(20)10-15)17(24)22-8-4-7-19(11-22,12-27-2)18(25)26/h3,5-6,9-10H,4,7-8,11-12H2,1-2H3,(H,25,26). The fourth-order valence-corrected chi connectivity index (χ4v) is 3.73. The molecule has 0 radical (unpaired) electrons. The predicted octanol–water partition coefficient (Wildman–Crippen LogP) is 2.79. The Balaban J connectivity index is 1.86. The lowest BCUT2D eigenvalue weighted by molar-refractivity contribution is -0.155. The molecule has 8 heteroatoms. The second-order valence-electron chi connectivity index (χ2n) is 6.91. The lowest BCUT2D eigenvalue weighted by atomic mass is 9.80. The number of aliphatic carboxylic acids is 1. The molecule has 7 nitrogen and oxygen atoms in total. The Morgan fingerprint density at radius 1 is 1.37 bits per heavy atom. The first kappa shape index (κ1) is 19.4. The molecule has 1 fully saturated rings. The number of methoxy groups -OCH3 is 1. The summed E-state index contributed by atoms with van der Waals surface area (Å²) in [4.78, 5) is 26.3. The molecular formula is C19H22ClN3O4. The molecular weight excluding hydrogens is 370 g/mol. The monoisotopic (exact) mass is 391 g/mol. The number of aryl methyl sites for hydroxylation is 1. The number of benzene rings is 1. The molecule has 1 aromatic heterocycles. The van der Waals surface area contributed by atoms with E-state index in [4.69, 9.17) is 16.3 Å². The van der Waals surface area contributed by atoms with Gasteiger partial charge in [0.15, 0.2) is 5.69 Å². The van der Waals surface area contributed by atoms with Gasteiger partial charge in [-0.2, -0.15) is 5.10 Å². The zero-order chi connectivity index (χ0) is 19.6. The highest BCUT2D eigenvalue weighted by Crippen LogP contribution is 2.31. The topological polar surface area (TPSA) is 84.7 Å². The molecule has 1 aromatic carbocycles. The number of carbonyl (C=O) groups excluding carboxylic acids is 1. The molecule has 1 unspecified atom stereocenters. The second kappa shape index (κ2) is 7.70. The Morgan fingerprint density at radius 3 is 2.81 bits per heavy atom. The Labute approximate surface area is 162 Å². The van der Waals surface area contributed by atoms with Crippen LogP contribution in [0, 0.1) is 12.3 Å². The van der Waals surface area contributed by atoms with Gasteiger partial charge < -0.3 is 14.7 Å². The minimum atomic E-state index is -1.08. The molecule has 1 N–H and O–H groups in total. The third-order valence-corrected chi connectivity index (χ3v) is 5.13. The maximum absolute atomic E-state index is 13.0. The van der Waals surface area contributed by atoms with Gasteiger partial charge in [-0.25, -0.2) is 4.68 Å². The van der Waals surface area contributed by atoms with Crippen molar-refractivity contribution in [3.63, 3.8) is 0 Å². The second-order valence-corrected chi connectivity index (χ2v) is 7.35. The lowest BCUT2D eigenvalue weighted by Gasteiger charge is -2.39. The van der Waals surface area contributed by atoms with Crippen LogP contribution in [0.3, 0.4) is 0 Å². The maximum atomic E-state index is 13.0. The highest BCUT2D eigenvalue weighted by atomic mass is 35.5. The summed E-state index contributed by atoms with van der Waals surface area (Å²) < 4.78 is 6.78. The zero-order valence-corrected chi connectivity index (χ0v) is 16.1. The molecule has 2 heterocycles. The molecule has 1 atom stereocenters. The summed E-state index contributed by atoms with van der Waals surface area (Å²) in [5.74, 6) is -1.22. The smallest absolute Gasteiger partial charge is 0.313 e. The van der Waals surface area contributed by atoms with Crippen LogP contribution in [0.4, 0.5) is 0 Å². The van der Waals surface area contributed by atoms with Gasteiger partial charge in [0.2, 0.25) is 0 Å². The van der Waals surface area contributed by atoms with E-state index in [9.17, 15) is 14.7 Å². The number of carbonyl (C=O) groups is 2.